The highest BCUT2D eigenvalue weighted by molar-refractivity contribution is 6.19. The van der Waals surface area contributed by atoms with Gasteiger partial charge in [-0.2, -0.15) is 4.80 Å². The predicted molar refractivity (Wildman–Crippen MR) is 227 cm³/mol. The van der Waals surface area contributed by atoms with Crippen LogP contribution in [0.25, 0.3) is 82.5 Å². The van der Waals surface area contributed by atoms with Gasteiger partial charge in [0.25, 0.3) is 0 Å². The second-order valence-electron chi connectivity index (χ2n) is 13.9. The molecule has 0 fully saturated rings. The minimum absolute atomic E-state index is 0.862. The van der Waals surface area contributed by atoms with Crippen LogP contribution in [0.1, 0.15) is 0 Å². The Morgan fingerprint density at radius 1 is 0.436 bits per heavy atom. The third-order valence-corrected chi connectivity index (χ3v) is 10.6. The average molecular weight is 705 g/mol. The van der Waals surface area contributed by atoms with E-state index in [0.717, 1.165) is 82.8 Å². The summed E-state index contributed by atoms with van der Waals surface area (Å²) in [6, 6.07) is 68.3. The Labute approximate surface area is 316 Å². The lowest BCUT2D eigenvalue weighted by Crippen LogP contribution is -2.11. The summed E-state index contributed by atoms with van der Waals surface area (Å²) in [6.45, 7) is 0. The smallest absolute Gasteiger partial charge is 0.135 e. The van der Waals surface area contributed by atoms with Gasteiger partial charge in [0, 0.05) is 33.1 Å². The topological polar surface area (TPSA) is 47.1 Å². The summed E-state index contributed by atoms with van der Waals surface area (Å²) < 4.78 is 6.29. The highest BCUT2D eigenvalue weighted by Gasteiger charge is 2.21. The molecule has 2 aromatic heterocycles. The van der Waals surface area contributed by atoms with Crippen molar-refractivity contribution in [1.82, 2.24) is 15.0 Å². The van der Waals surface area contributed by atoms with Crippen molar-refractivity contribution in [2.45, 2.75) is 0 Å². The lowest BCUT2D eigenvalue weighted by atomic mass is 9.93. The molecule has 0 atom stereocenters. The van der Waals surface area contributed by atoms with E-state index in [0.29, 0.717) is 0 Å². The predicted octanol–water partition coefficient (Wildman–Crippen LogP) is 13.4. The first kappa shape index (κ1) is 31.1. The van der Waals surface area contributed by atoms with Crippen LogP contribution in [0.4, 0.5) is 17.1 Å². The number of anilines is 3. The second-order valence-corrected chi connectivity index (χ2v) is 13.9. The first-order valence-electron chi connectivity index (χ1n) is 18.5. The number of rotatable bonds is 6. The molecule has 0 bridgehead atoms. The van der Waals surface area contributed by atoms with Gasteiger partial charge in [-0.25, -0.2) is 0 Å². The minimum atomic E-state index is 0.862. The van der Waals surface area contributed by atoms with Crippen LogP contribution in [-0.4, -0.2) is 15.0 Å². The van der Waals surface area contributed by atoms with Crippen LogP contribution in [0.15, 0.2) is 199 Å². The number of hydrogen-bond acceptors (Lipinski definition) is 4. The van der Waals surface area contributed by atoms with Gasteiger partial charge < -0.3 is 9.32 Å². The fourth-order valence-corrected chi connectivity index (χ4v) is 8.09. The fourth-order valence-electron chi connectivity index (χ4n) is 8.09. The van der Waals surface area contributed by atoms with Gasteiger partial charge >= 0.3 is 0 Å². The molecule has 0 aliphatic rings. The van der Waals surface area contributed by atoms with Gasteiger partial charge in [0.05, 0.1) is 11.4 Å². The van der Waals surface area contributed by atoms with E-state index in [4.69, 9.17) is 14.6 Å². The van der Waals surface area contributed by atoms with Crippen molar-refractivity contribution in [3.8, 4) is 27.9 Å². The van der Waals surface area contributed by atoms with E-state index < -0.39 is 0 Å². The third kappa shape index (κ3) is 5.17. The van der Waals surface area contributed by atoms with E-state index in [1.54, 1.807) is 4.80 Å². The summed E-state index contributed by atoms with van der Waals surface area (Å²) >= 11 is 0. The summed E-state index contributed by atoms with van der Waals surface area (Å²) in [7, 11) is 0. The van der Waals surface area contributed by atoms with Gasteiger partial charge in [0.15, 0.2) is 0 Å². The number of furan rings is 1. The molecule has 0 spiro atoms. The summed E-state index contributed by atoms with van der Waals surface area (Å²) in [5.74, 6) is 0. The quantitative estimate of drug-likeness (QED) is 0.162. The SMILES string of the molecule is c1ccc(-c2ccccc2-c2ccccc2N(c2ccc3c(ccc4ccc5nn(-c6ccccc6)nc5c43)c2)c2ccc3oc4ccccc4c3c2)cc1. The highest BCUT2D eigenvalue weighted by atomic mass is 16.3. The maximum Gasteiger partial charge on any atom is 0.135 e. The van der Waals surface area contributed by atoms with Crippen molar-refractivity contribution in [2.24, 2.45) is 0 Å². The van der Waals surface area contributed by atoms with Crippen LogP contribution in [0.3, 0.4) is 0 Å². The zero-order valence-corrected chi connectivity index (χ0v) is 29.7. The van der Waals surface area contributed by atoms with Crippen molar-refractivity contribution in [3.63, 3.8) is 0 Å². The molecule has 0 N–H and O–H groups in total. The zero-order chi connectivity index (χ0) is 36.3. The third-order valence-electron chi connectivity index (χ3n) is 10.6. The van der Waals surface area contributed by atoms with Crippen molar-refractivity contribution in [3.05, 3.63) is 194 Å². The fraction of sp³-hybridized carbons (Fsp3) is 0. The first-order chi connectivity index (χ1) is 27.3. The van der Waals surface area contributed by atoms with Crippen LogP contribution in [-0.2, 0) is 0 Å². The lowest BCUT2D eigenvalue weighted by molar-refractivity contribution is 0.669. The first-order valence-corrected chi connectivity index (χ1v) is 18.5. The van der Waals surface area contributed by atoms with E-state index in [1.165, 1.54) is 16.7 Å². The van der Waals surface area contributed by atoms with Crippen molar-refractivity contribution in [1.29, 1.82) is 0 Å². The molecule has 0 amide bonds. The zero-order valence-electron chi connectivity index (χ0n) is 29.7. The molecular weight excluding hydrogens is 673 g/mol. The number of para-hydroxylation sites is 3. The van der Waals surface area contributed by atoms with E-state index in [1.807, 2.05) is 42.5 Å². The van der Waals surface area contributed by atoms with E-state index in [-0.39, 0.29) is 0 Å². The highest BCUT2D eigenvalue weighted by Crippen LogP contribution is 2.46. The molecule has 5 nitrogen and oxygen atoms in total. The Morgan fingerprint density at radius 2 is 1.09 bits per heavy atom. The largest absolute Gasteiger partial charge is 0.456 e. The Morgan fingerprint density at radius 3 is 1.96 bits per heavy atom. The number of hydrogen-bond donors (Lipinski definition) is 0. The molecule has 258 valence electrons. The van der Waals surface area contributed by atoms with Gasteiger partial charge in [-0.3, -0.25) is 0 Å². The van der Waals surface area contributed by atoms with Crippen LogP contribution < -0.4 is 4.90 Å². The van der Waals surface area contributed by atoms with Crippen LogP contribution in [0.5, 0.6) is 0 Å². The molecule has 0 aliphatic heterocycles. The molecule has 2 heterocycles. The number of benzene rings is 9. The molecule has 0 saturated carbocycles. The summed E-state index contributed by atoms with van der Waals surface area (Å²) in [4.78, 5) is 4.12. The Hall–Kier alpha value is -7.50. The minimum Gasteiger partial charge on any atom is -0.456 e. The van der Waals surface area contributed by atoms with Gasteiger partial charge in [0.1, 0.15) is 22.2 Å². The summed E-state index contributed by atoms with van der Waals surface area (Å²) in [5, 5.41) is 16.5. The monoisotopic (exact) mass is 704 g/mol. The number of nitrogens with zero attached hydrogens (tertiary/aromatic N) is 4. The Balaban J connectivity index is 1.14. The van der Waals surface area contributed by atoms with Gasteiger partial charge in [-0.1, -0.05) is 133 Å². The summed E-state index contributed by atoms with van der Waals surface area (Å²) in [5.41, 5.74) is 12.3. The molecule has 0 radical (unpaired) electrons. The van der Waals surface area contributed by atoms with Crippen LogP contribution >= 0.6 is 0 Å². The van der Waals surface area contributed by atoms with E-state index in [2.05, 4.69) is 157 Å². The van der Waals surface area contributed by atoms with Gasteiger partial charge in [-0.05, 0) is 93.5 Å². The van der Waals surface area contributed by atoms with Crippen LogP contribution in [0, 0.1) is 0 Å². The maximum atomic E-state index is 6.29. The maximum absolute atomic E-state index is 6.29. The molecule has 5 heteroatoms. The molecule has 0 saturated heterocycles. The standard InChI is InChI=1S/C50H32N4O/c1-3-13-33(14-4-1)39-17-7-8-18-41(39)42-19-9-11-21-46(42)53(38-27-30-48-44(32-38)43-20-10-12-22-47(43)55-48)37-26-28-40-35(31-37)24-23-34-25-29-45-50(49(34)40)52-54(51-45)36-15-5-2-6-16-36/h1-32H. The lowest BCUT2D eigenvalue weighted by Gasteiger charge is -2.29. The second kappa shape index (κ2) is 12.6. The van der Waals surface area contributed by atoms with Crippen LogP contribution in [0.2, 0.25) is 0 Å². The number of fused-ring (bicyclic) bond motifs is 8. The van der Waals surface area contributed by atoms with E-state index in [9.17, 15) is 0 Å². The van der Waals surface area contributed by atoms with Crippen molar-refractivity contribution < 1.29 is 4.42 Å². The van der Waals surface area contributed by atoms with E-state index >= 15 is 0 Å². The van der Waals surface area contributed by atoms with Gasteiger partial charge in [0.2, 0.25) is 0 Å². The molecule has 11 aromatic rings. The summed E-state index contributed by atoms with van der Waals surface area (Å²) in [6.07, 6.45) is 0. The average Bonchev–Trinajstić information content (AvgIpc) is 3.86. The number of aromatic nitrogens is 3. The molecule has 9 aromatic carbocycles. The van der Waals surface area contributed by atoms with Gasteiger partial charge in [-0.15, -0.1) is 10.2 Å². The Kier molecular flexibility index (Phi) is 7.10. The molecule has 11 rings (SSSR count). The van der Waals surface area contributed by atoms with Crippen molar-refractivity contribution >= 4 is 71.6 Å². The van der Waals surface area contributed by atoms with Crippen molar-refractivity contribution in [2.75, 3.05) is 4.90 Å². The molecular formula is C50H32N4O. The normalized spacial score (nSPS) is 11.6. The Bertz CT molecular complexity index is 3220. The molecule has 0 unspecified atom stereocenters. The molecule has 0 aliphatic carbocycles. The molecule has 55 heavy (non-hydrogen) atoms.